The Labute approximate surface area is 74.2 Å². The van der Waals surface area contributed by atoms with E-state index in [0.29, 0.717) is 0 Å². The number of ether oxygens (including phenoxy) is 1. The number of hydrogen-bond donors (Lipinski definition) is 4. The molecule has 0 saturated carbocycles. The third-order valence-corrected chi connectivity index (χ3v) is 2.20. The van der Waals surface area contributed by atoms with E-state index in [0.717, 1.165) is 0 Å². The van der Waals surface area contributed by atoms with E-state index in [2.05, 4.69) is 0 Å². The smallest absolute Gasteiger partial charge is 0.160 e. The van der Waals surface area contributed by atoms with E-state index in [1.54, 1.807) is 0 Å². The number of rotatable bonds is 1. The van der Waals surface area contributed by atoms with Gasteiger partial charge in [0.1, 0.15) is 24.4 Å². The average molecular weight is 199 g/mol. The number of aliphatic hydroxyl groups is 4. The normalized spacial score (nSPS) is 49.2. The Morgan fingerprint density at radius 1 is 1.08 bits per heavy atom. The number of halogens is 1. The molecule has 5 atom stereocenters. The zero-order chi connectivity index (χ0) is 9.30. The van der Waals surface area contributed by atoms with Gasteiger partial charge in [-0.1, -0.05) is 11.6 Å². The molecule has 5 nitrogen and oxygen atoms in total. The first-order chi connectivity index (χ1) is 5.57. The molecule has 6 heteroatoms. The van der Waals surface area contributed by atoms with Crippen LogP contribution < -0.4 is 0 Å². The summed E-state index contributed by atoms with van der Waals surface area (Å²) in [5.74, 6) is 0. The molecule has 1 aliphatic heterocycles. The molecule has 0 aromatic carbocycles. The second-order valence-electron chi connectivity index (χ2n) is 2.68. The minimum absolute atomic E-state index is 0.450. The Balaban J connectivity index is 2.63. The molecule has 1 saturated heterocycles. The third-order valence-electron chi connectivity index (χ3n) is 1.83. The highest BCUT2D eigenvalue weighted by Crippen LogP contribution is 2.22. The monoisotopic (exact) mass is 198 g/mol. The molecule has 0 radical (unpaired) electrons. The van der Waals surface area contributed by atoms with E-state index < -0.39 is 36.6 Å². The fourth-order valence-electron chi connectivity index (χ4n) is 1.06. The summed E-state index contributed by atoms with van der Waals surface area (Å²) in [5.41, 5.74) is -1.10. The van der Waals surface area contributed by atoms with Crippen LogP contribution in [-0.4, -0.2) is 57.0 Å². The van der Waals surface area contributed by atoms with Gasteiger partial charge in [0, 0.05) is 0 Å². The largest absolute Gasteiger partial charge is 0.394 e. The van der Waals surface area contributed by atoms with Gasteiger partial charge in [0.25, 0.3) is 0 Å². The van der Waals surface area contributed by atoms with Gasteiger partial charge in [-0.25, -0.2) is 0 Å². The van der Waals surface area contributed by atoms with Crippen molar-refractivity contribution < 1.29 is 25.2 Å². The summed E-state index contributed by atoms with van der Waals surface area (Å²) in [6, 6.07) is 0. The molecule has 2 unspecified atom stereocenters. The van der Waals surface area contributed by atoms with Crippen molar-refractivity contribution in [3.63, 3.8) is 0 Å². The Bertz CT molecular complexity index is 150. The predicted molar refractivity (Wildman–Crippen MR) is 39.6 cm³/mol. The maximum atomic E-state index is 9.17. The summed E-state index contributed by atoms with van der Waals surface area (Å²) < 4.78 is 4.79. The van der Waals surface area contributed by atoms with Crippen LogP contribution in [0, 0.1) is 0 Å². The van der Waals surface area contributed by atoms with Crippen molar-refractivity contribution in [3.05, 3.63) is 0 Å². The van der Waals surface area contributed by atoms with Crippen molar-refractivity contribution in [2.75, 3.05) is 6.61 Å². The molecule has 1 heterocycles. The van der Waals surface area contributed by atoms with Crippen LogP contribution in [0.15, 0.2) is 0 Å². The van der Waals surface area contributed by atoms with Gasteiger partial charge in [0.15, 0.2) is 5.56 Å². The number of alkyl halides is 1. The predicted octanol–water partition coefficient (Wildman–Crippen LogP) is -1.97. The van der Waals surface area contributed by atoms with Crippen molar-refractivity contribution >= 4 is 11.6 Å². The first-order valence-electron chi connectivity index (χ1n) is 3.52. The second-order valence-corrected chi connectivity index (χ2v) is 3.11. The standard InChI is InChI=1S/C6H11ClO5/c7-6-5(11)4(10)3(9)2(1-8)12-6/h2-6,8-11H,1H2/t2?,3-,4?,5-,6+/m0/s1. The number of aliphatic hydroxyl groups excluding tert-OH is 4. The summed E-state index contributed by atoms with van der Waals surface area (Å²) in [5, 5.41) is 36.0. The molecule has 0 aromatic heterocycles. The minimum atomic E-state index is -1.38. The van der Waals surface area contributed by atoms with Gasteiger partial charge in [0.2, 0.25) is 0 Å². The molecule has 0 bridgehead atoms. The molecule has 0 aliphatic carbocycles. The molecule has 72 valence electrons. The van der Waals surface area contributed by atoms with E-state index in [1.165, 1.54) is 0 Å². The van der Waals surface area contributed by atoms with E-state index in [1.807, 2.05) is 0 Å². The fourth-order valence-corrected chi connectivity index (χ4v) is 1.34. The van der Waals surface area contributed by atoms with E-state index in [-0.39, 0.29) is 0 Å². The van der Waals surface area contributed by atoms with Gasteiger partial charge in [-0.15, -0.1) is 0 Å². The molecular formula is C6H11ClO5. The van der Waals surface area contributed by atoms with Crippen LogP contribution in [0.2, 0.25) is 0 Å². The lowest BCUT2D eigenvalue weighted by molar-refractivity contribution is -0.207. The SMILES string of the molecule is OCC1O[C@@H](Cl)[C@@H](O)C(O)[C@H]1O. The van der Waals surface area contributed by atoms with Crippen LogP contribution in [0.1, 0.15) is 0 Å². The van der Waals surface area contributed by atoms with Crippen molar-refractivity contribution in [1.82, 2.24) is 0 Å². The first-order valence-corrected chi connectivity index (χ1v) is 3.96. The molecule has 1 aliphatic rings. The maximum absolute atomic E-state index is 9.17. The lowest BCUT2D eigenvalue weighted by Crippen LogP contribution is -2.56. The van der Waals surface area contributed by atoms with Crippen molar-refractivity contribution in [2.45, 2.75) is 30.0 Å². The lowest BCUT2D eigenvalue weighted by Gasteiger charge is -2.37. The molecular weight excluding hydrogens is 188 g/mol. The Hall–Kier alpha value is 0.0900. The zero-order valence-electron chi connectivity index (χ0n) is 6.17. The van der Waals surface area contributed by atoms with Crippen LogP contribution in [0.3, 0.4) is 0 Å². The van der Waals surface area contributed by atoms with Crippen LogP contribution in [0.4, 0.5) is 0 Å². The summed E-state index contributed by atoms with van der Waals surface area (Å²) in [7, 11) is 0. The van der Waals surface area contributed by atoms with Crippen molar-refractivity contribution in [1.29, 1.82) is 0 Å². The first kappa shape index (κ1) is 10.2. The molecule has 1 rings (SSSR count). The maximum Gasteiger partial charge on any atom is 0.160 e. The minimum Gasteiger partial charge on any atom is -0.394 e. The summed E-state index contributed by atoms with van der Waals surface area (Å²) in [6.45, 7) is -0.450. The molecule has 0 aromatic rings. The van der Waals surface area contributed by atoms with Gasteiger partial charge >= 0.3 is 0 Å². The topological polar surface area (TPSA) is 90.2 Å². The summed E-state index contributed by atoms with van der Waals surface area (Å²) in [4.78, 5) is 0. The summed E-state index contributed by atoms with van der Waals surface area (Å²) in [6.07, 6.45) is -4.95. The van der Waals surface area contributed by atoms with Gasteiger partial charge in [0.05, 0.1) is 6.61 Å². The third kappa shape index (κ3) is 1.71. The highest BCUT2D eigenvalue weighted by molar-refractivity contribution is 6.20. The lowest BCUT2D eigenvalue weighted by atomic mass is 10.0. The van der Waals surface area contributed by atoms with E-state index in [4.69, 9.17) is 31.7 Å². The zero-order valence-corrected chi connectivity index (χ0v) is 6.92. The Morgan fingerprint density at radius 2 is 1.67 bits per heavy atom. The molecule has 0 amide bonds. The average Bonchev–Trinajstić information content (AvgIpc) is 2.08. The van der Waals surface area contributed by atoms with Crippen LogP contribution in [-0.2, 0) is 4.74 Å². The highest BCUT2D eigenvalue weighted by Gasteiger charge is 2.42. The van der Waals surface area contributed by atoms with Gasteiger partial charge in [-0.3, -0.25) is 0 Å². The molecule has 4 N–H and O–H groups in total. The van der Waals surface area contributed by atoms with Crippen LogP contribution in [0.25, 0.3) is 0 Å². The van der Waals surface area contributed by atoms with E-state index in [9.17, 15) is 5.11 Å². The van der Waals surface area contributed by atoms with Crippen LogP contribution in [0.5, 0.6) is 0 Å². The Morgan fingerprint density at radius 3 is 2.17 bits per heavy atom. The Kier molecular flexibility index (Phi) is 3.28. The van der Waals surface area contributed by atoms with Gasteiger partial charge in [-0.2, -0.15) is 0 Å². The molecule has 0 spiro atoms. The van der Waals surface area contributed by atoms with Gasteiger partial charge in [-0.05, 0) is 0 Å². The van der Waals surface area contributed by atoms with Crippen molar-refractivity contribution in [3.8, 4) is 0 Å². The van der Waals surface area contributed by atoms with Gasteiger partial charge < -0.3 is 25.2 Å². The van der Waals surface area contributed by atoms with Crippen molar-refractivity contribution in [2.24, 2.45) is 0 Å². The fraction of sp³-hybridized carbons (Fsp3) is 1.00. The number of hydrogen-bond acceptors (Lipinski definition) is 5. The molecule has 1 fully saturated rings. The summed E-state index contributed by atoms with van der Waals surface area (Å²) >= 11 is 5.45. The second kappa shape index (κ2) is 3.87. The molecule has 12 heavy (non-hydrogen) atoms. The van der Waals surface area contributed by atoms with E-state index >= 15 is 0 Å². The highest BCUT2D eigenvalue weighted by atomic mass is 35.5. The quantitative estimate of drug-likeness (QED) is 0.367. The van der Waals surface area contributed by atoms with Crippen LogP contribution >= 0.6 is 11.6 Å².